The number of allylic oxidation sites excluding steroid dienone is 1. The predicted octanol–water partition coefficient (Wildman–Crippen LogP) is 2.38. The van der Waals surface area contributed by atoms with Crippen molar-refractivity contribution in [3.63, 3.8) is 0 Å². The van der Waals surface area contributed by atoms with Crippen LogP contribution in [0.5, 0.6) is 0 Å². The molecule has 1 aliphatic carbocycles. The summed E-state index contributed by atoms with van der Waals surface area (Å²) >= 11 is 0. The molecule has 0 bridgehead atoms. The van der Waals surface area contributed by atoms with Gasteiger partial charge in [-0.25, -0.2) is 0 Å². The van der Waals surface area contributed by atoms with Crippen LogP contribution in [0.25, 0.3) is 0 Å². The van der Waals surface area contributed by atoms with E-state index in [0.29, 0.717) is 5.92 Å². The molecule has 1 rings (SSSR count). The molecular formula is C9H16O. The highest BCUT2D eigenvalue weighted by Gasteiger charge is 2.32. The monoisotopic (exact) mass is 140 g/mol. The van der Waals surface area contributed by atoms with E-state index < -0.39 is 0 Å². The number of hydrogen-bond acceptors (Lipinski definition) is 1. The van der Waals surface area contributed by atoms with Crippen molar-refractivity contribution in [1.82, 2.24) is 0 Å². The summed E-state index contributed by atoms with van der Waals surface area (Å²) in [6.07, 6.45) is 6.74. The van der Waals surface area contributed by atoms with Gasteiger partial charge in [-0.2, -0.15) is 0 Å². The molecule has 1 heteroatoms. The Hall–Kier alpha value is -0.300. The van der Waals surface area contributed by atoms with E-state index in [4.69, 9.17) is 4.74 Å². The summed E-state index contributed by atoms with van der Waals surface area (Å²) < 4.78 is 5.47. The molecule has 1 atom stereocenters. The zero-order valence-electron chi connectivity index (χ0n) is 7.05. The Kier molecular flexibility index (Phi) is 2.14. The van der Waals surface area contributed by atoms with E-state index in [1.807, 2.05) is 0 Å². The summed E-state index contributed by atoms with van der Waals surface area (Å²) in [4.78, 5) is 0. The Morgan fingerprint density at radius 1 is 1.50 bits per heavy atom. The van der Waals surface area contributed by atoms with Gasteiger partial charge in [-0.1, -0.05) is 26.0 Å². The minimum absolute atomic E-state index is 0.0556. The van der Waals surface area contributed by atoms with Crippen LogP contribution in [0.1, 0.15) is 26.7 Å². The first-order valence-corrected chi connectivity index (χ1v) is 3.94. The summed E-state index contributed by atoms with van der Waals surface area (Å²) in [6, 6.07) is 0. The van der Waals surface area contributed by atoms with Gasteiger partial charge in [0.25, 0.3) is 0 Å². The van der Waals surface area contributed by atoms with Gasteiger partial charge in [0.2, 0.25) is 0 Å². The Balaban J connectivity index is 2.68. The molecule has 0 radical (unpaired) electrons. The molecule has 0 N–H and O–H groups in total. The van der Waals surface area contributed by atoms with E-state index in [-0.39, 0.29) is 5.60 Å². The molecule has 0 aromatic rings. The number of hydrogen-bond donors (Lipinski definition) is 0. The summed E-state index contributed by atoms with van der Waals surface area (Å²) in [5.41, 5.74) is 0.0556. The third-order valence-electron chi connectivity index (χ3n) is 2.46. The minimum atomic E-state index is 0.0556. The van der Waals surface area contributed by atoms with Gasteiger partial charge in [0, 0.05) is 7.11 Å². The van der Waals surface area contributed by atoms with E-state index in [0.717, 1.165) is 6.42 Å². The maximum Gasteiger partial charge on any atom is 0.0884 e. The van der Waals surface area contributed by atoms with Gasteiger partial charge in [0.15, 0.2) is 0 Å². The van der Waals surface area contributed by atoms with E-state index >= 15 is 0 Å². The van der Waals surface area contributed by atoms with Crippen molar-refractivity contribution in [2.24, 2.45) is 5.92 Å². The molecule has 58 valence electrons. The second-order valence-corrected chi connectivity index (χ2v) is 3.25. The third kappa shape index (κ3) is 1.10. The van der Waals surface area contributed by atoms with Crippen molar-refractivity contribution in [2.75, 3.05) is 7.11 Å². The SMILES string of the molecule is COC1(C(C)C)C=CCC1. The summed E-state index contributed by atoms with van der Waals surface area (Å²) in [7, 11) is 1.80. The zero-order valence-corrected chi connectivity index (χ0v) is 7.05. The largest absolute Gasteiger partial charge is 0.374 e. The first kappa shape index (κ1) is 7.80. The van der Waals surface area contributed by atoms with Crippen molar-refractivity contribution in [2.45, 2.75) is 32.3 Å². The van der Waals surface area contributed by atoms with Crippen LogP contribution in [0.2, 0.25) is 0 Å². The molecular weight excluding hydrogens is 124 g/mol. The highest BCUT2D eigenvalue weighted by molar-refractivity contribution is 5.10. The molecule has 1 unspecified atom stereocenters. The molecule has 0 amide bonds. The molecule has 0 heterocycles. The van der Waals surface area contributed by atoms with E-state index in [9.17, 15) is 0 Å². The Bertz CT molecular complexity index is 138. The molecule has 1 nitrogen and oxygen atoms in total. The lowest BCUT2D eigenvalue weighted by atomic mass is 9.90. The van der Waals surface area contributed by atoms with Crippen molar-refractivity contribution in [3.05, 3.63) is 12.2 Å². The average Bonchev–Trinajstić information content (AvgIpc) is 2.35. The van der Waals surface area contributed by atoms with Crippen LogP contribution < -0.4 is 0 Å². The topological polar surface area (TPSA) is 9.23 Å². The van der Waals surface area contributed by atoms with Gasteiger partial charge >= 0.3 is 0 Å². The first-order valence-electron chi connectivity index (χ1n) is 3.94. The van der Waals surface area contributed by atoms with Crippen LogP contribution in [0.15, 0.2) is 12.2 Å². The zero-order chi connectivity index (χ0) is 7.61. The van der Waals surface area contributed by atoms with Crippen LogP contribution in [0.4, 0.5) is 0 Å². The van der Waals surface area contributed by atoms with Gasteiger partial charge < -0.3 is 4.74 Å². The lowest BCUT2D eigenvalue weighted by Crippen LogP contribution is -2.32. The Labute approximate surface area is 63.1 Å². The summed E-state index contributed by atoms with van der Waals surface area (Å²) in [5, 5.41) is 0. The van der Waals surface area contributed by atoms with Crippen LogP contribution in [0, 0.1) is 5.92 Å². The standard InChI is InChI=1S/C9H16O/c1-8(2)9(10-3)6-4-5-7-9/h4,6,8H,5,7H2,1-3H3. The van der Waals surface area contributed by atoms with E-state index in [1.165, 1.54) is 6.42 Å². The number of ether oxygens (including phenoxy) is 1. The third-order valence-corrected chi connectivity index (χ3v) is 2.46. The van der Waals surface area contributed by atoms with Crippen molar-refractivity contribution < 1.29 is 4.74 Å². The Morgan fingerprint density at radius 2 is 2.20 bits per heavy atom. The quantitative estimate of drug-likeness (QED) is 0.535. The van der Waals surface area contributed by atoms with Crippen LogP contribution in [0.3, 0.4) is 0 Å². The number of methoxy groups -OCH3 is 1. The van der Waals surface area contributed by atoms with Gasteiger partial charge in [-0.15, -0.1) is 0 Å². The van der Waals surface area contributed by atoms with Crippen molar-refractivity contribution >= 4 is 0 Å². The maximum absolute atomic E-state index is 5.47. The van der Waals surface area contributed by atoms with Gasteiger partial charge in [0.05, 0.1) is 5.60 Å². The Morgan fingerprint density at radius 3 is 2.40 bits per heavy atom. The van der Waals surface area contributed by atoms with Gasteiger partial charge in [-0.3, -0.25) is 0 Å². The summed E-state index contributed by atoms with van der Waals surface area (Å²) in [5.74, 6) is 0.594. The van der Waals surface area contributed by atoms with Crippen molar-refractivity contribution in [3.8, 4) is 0 Å². The fourth-order valence-corrected chi connectivity index (χ4v) is 1.56. The molecule has 0 saturated carbocycles. The molecule has 10 heavy (non-hydrogen) atoms. The first-order chi connectivity index (χ1) is 4.71. The fourth-order valence-electron chi connectivity index (χ4n) is 1.56. The fraction of sp³-hybridized carbons (Fsp3) is 0.778. The molecule has 0 aromatic heterocycles. The van der Waals surface area contributed by atoms with Gasteiger partial charge in [-0.05, 0) is 18.8 Å². The van der Waals surface area contributed by atoms with E-state index in [2.05, 4.69) is 26.0 Å². The summed E-state index contributed by atoms with van der Waals surface area (Å²) in [6.45, 7) is 4.42. The molecule has 0 aromatic carbocycles. The second-order valence-electron chi connectivity index (χ2n) is 3.25. The highest BCUT2D eigenvalue weighted by atomic mass is 16.5. The highest BCUT2D eigenvalue weighted by Crippen LogP contribution is 2.32. The predicted molar refractivity (Wildman–Crippen MR) is 43.0 cm³/mol. The average molecular weight is 140 g/mol. The lowest BCUT2D eigenvalue weighted by Gasteiger charge is -2.29. The van der Waals surface area contributed by atoms with Crippen LogP contribution >= 0.6 is 0 Å². The van der Waals surface area contributed by atoms with E-state index in [1.54, 1.807) is 7.11 Å². The maximum atomic E-state index is 5.47. The molecule has 0 fully saturated rings. The molecule has 0 aliphatic heterocycles. The van der Waals surface area contributed by atoms with Gasteiger partial charge in [0.1, 0.15) is 0 Å². The molecule has 0 spiro atoms. The van der Waals surface area contributed by atoms with Crippen LogP contribution in [-0.2, 0) is 4.74 Å². The normalized spacial score (nSPS) is 32.0. The number of rotatable bonds is 2. The smallest absolute Gasteiger partial charge is 0.0884 e. The minimum Gasteiger partial charge on any atom is -0.374 e. The van der Waals surface area contributed by atoms with Crippen LogP contribution in [-0.4, -0.2) is 12.7 Å². The molecule has 1 aliphatic rings. The second kappa shape index (κ2) is 2.75. The molecule has 0 saturated heterocycles. The lowest BCUT2D eigenvalue weighted by molar-refractivity contribution is -0.00568. The van der Waals surface area contributed by atoms with Crippen molar-refractivity contribution in [1.29, 1.82) is 0 Å².